The van der Waals surface area contributed by atoms with Crippen molar-refractivity contribution in [3.8, 4) is 0 Å². The molecule has 1 saturated carbocycles. The Morgan fingerprint density at radius 3 is 1.73 bits per heavy atom. The number of rotatable bonds is 26. The molecule has 0 aromatic carbocycles. The standard InChI is InChI=1S/C35H59O13P/c1-3-5-6-7-8-9-10-11-12-13-14-15-16-17-18-19-20-21-22-24-29(37)47-27(25-45-28(36)23-4-2)26-46-49(43,44)48-35-33(41)31(39)30(38)32(40)34(35)42/h5-6,8-9,11-12,14-15,27,30-35,38-42H,3-4,7,10,13,16-26H2,1-2H3,(H,43,44)/b6-5-,9-8-,12-11-,15-14-. The van der Waals surface area contributed by atoms with E-state index < -0.39 is 75.7 Å². The fourth-order valence-electron chi connectivity index (χ4n) is 4.84. The molecule has 1 fully saturated rings. The van der Waals surface area contributed by atoms with E-state index in [2.05, 4.69) is 55.5 Å². The molecule has 1 aliphatic carbocycles. The maximum Gasteiger partial charge on any atom is 0.472 e. The highest BCUT2D eigenvalue weighted by Crippen LogP contribution is 2.47. The molecule has 282 valence electrons. The van der Waals surface area contributed by atoms with Crippen LogP contribution in [0.1, 0.15) is 104 Å². The molecule has 6 N–H and O–H groups in total. The summed E-state index contributed by atoms with van der Waals surface area (Å²) in [5.74, 6) is -1.18. The minimum absolute atomic E-state index is 0.0766. The van der Waals surface area contributed by atoms with Gasteiger partial charge in [-0.1, -0.05) is 88.1 Å². The summed E-state index contributed by atoms with van der Waals surface area (Å²) in [5, 5.41) is 49.5. The molecule has 6 atom stereocenters. The van der Waals surface area contributed by atoms with Gasteiger partial charge >= 0.3 is 19.8 Å². The number of esters is 2. The van der Waals surface area contributed by atoms with Crippen molar-refractivity contribution >= 4 is 19.8 Å². The molecule has 13 nitrogen and oxygen atoms in total. The van der Waals surface area contributed by atoms with Crippen LogP contribution in [-0.4, -0.2) is 98.3 Å². The molecular formula is C35H59O13P. The number of carbonyl (C=O) groups excluding carboxylic acids is 2. The van der Waals surface area contributed by atoms with Gasteiger partial charge in [0.2, 0.25) is 0 Å². The normalized spacial score (nSPS) is 25.0. The Morgan fingerprint density at radius 2 is 1.16 bits per heavy atom. The lowest BCUT2D eigenvalue weighted by molar-refractivity contribution is -0.220. The van der Waals surface area contributed by atoms with Crippen LogP contribution in [-0.2, 0) is 32.7 Å². The van der Waals surface area contributed by atoms with Crippen molar-refractivity contribution in [2.75, 3.05) is 13.2 Å². The van der Waals surface area contributed by atoms with Crippen molar-refractivity contribution in [1.29, 1.82) is 0 Å². The maximum absolute atomic E-state index is 12.6. The summed E-state index contributed by atoms with van der Waals surface area (Å²) in [6.45, 7) is 2.70. The molecule has 49 heavy (non-hydrogen) atoms. The number of carbonyl (C=O) groups is 2. The van der Waals surface area contributed by atoms with E-state index in [9.17, 15) is 44.6 Å². The van der Waals surface area contributed by atoms with Crippen LogP contribution >= 0.6 is 7.82 Å². The molecule has 0 bridgehead atoms. The molecule has 6 unspecified atom stereocenters. The van der Waals surface area contributed by atoms with Crippen LogP contribution in [0.15, 0.2) is 48.6 Å². The Morgan fingerprint density at radius 1 is 0.653 bits per heavy atom. The predicted octanol–water partition coefficient (Wildman–Crippen LogP) is 4.49. The zero-order valence-corrected chi connectivity index (χ0v) is 29.9. The van der Waals surface area contributed by atoms with Gasteiger partial charge in [-0.15, -0.1) is 0 Å². The van der Waals surface area contributed by atoms with E-state index in [1.165, 1.54) is 0 Å². The number of aliphatic hydroxyl groups excluding tert-OH is 5. The van der Waals surface area contributed by atoms with Gasteiger partial charge in [0.25, 0.3) is 0 Å². The first-order valence-corrected chi connectivity index (χ1v) is 18.9. The third kappa shape index (κ3) is 20.3. The molecule has 0 saturated heterocycles. The minimum Gasteiger partial charge on any atom is -0.462 e. The van der Waals surface area contributed by atoms with Crippen LogP contribution in [0.4, 0.5) is 0 Å². The lowest BCUT2D eigenvalue weighted by Crippen LogP contribution is -2.64. The molecular weight excluding hydrogens is 659 g/mol. The molecule has 0 amide bonds. The summed E-state index contributed by atoms with van der Waals surface area (Å²) in [4.78, 5) is 34.5. The van der Waals surface area contributed by atoms with Gasteiger partial charge in [-0.05, 0) is 51.4 Å². The van der Waals surface area contributed by atoms with Gasteiger partial charge in [-0.3, -0.25) is 18.6 Å². The fraction of sp³-hybridized carbons (Fsp3) is 0.714. The number of unbranched alkanes of at least 4 members (excludes halogenated alkanes) is 6. The van der Waals surface area contributed by atoms with Gasteiger partial charge in [0, 0.05) is 12.8 Å². The van der Waals surface area contributed by atoms with Crippen LogP contribution < -0.4 is 0 Å². The molecule has 0 heterocycles. The van der Waals surface area contributed by atoms with Crippen LogP contribution in [0.25, 0.3) is 0 Å². The van der Waals surface area contributed by atoms with Gasteiger partial charge in [0.05, 0.1) is 6.61 Å². The minimum atomic E-state index is -5.09. The summed E-state index contributed by atoms with van der Waals surface area (Å²) >= 11 is 0. The van der Waals surface area contributed by atoms with Crippen LogP contribution in [0.2, 0.25) is 0 Å². The monoisotopic (exact) mass is 718 g/mol. The maximum atomic E-state index is 12.6. The Hall–Kier alpha value is -2.19. The smallest absolute Gasteiger partial charge is 0.462 e. The third-order valence-corrected chi connectivity index (χ3v) is 8.64. The van der Waals surface area contributed by atoms with Crippen LogP contribution in [0.5, 0.6) is 0 Å². The number of phosphoric ester groups is 1. The highest BCUT2D eigenvalue weighted by atomic mass is 31.2. The van der Waals surface area contributed by atoms with E-state index in [-0.39, 0.29) is 12.8 Å². The highest BCUT2D eigenvalue weighted by molar-refractivity contribution is 7.47. The van der Waals surface area contributed by atoms with E-state index in [4.69, 9.17) is 18.5 Å². The second-order valence-corrected chi connectivity index (χ2v) is 13.4. The van der Waals surface area contributed by atoms with Crippen molar-refractivity contribution in [2.24, 2.45) is 0 Å². The summed E-state index contributed by atoms with van der Waals surface area (Å²) in [7, 11) is -5.09. The van der Waals surface area contributed by atoms with E-state index in [0.29, 0.717) is 12.8 Å². The molecule has 1 aliphatic rings. The Bertz CT molecular complexity index is 1060. The average Bonchev–Trinajstić information content (AvgIpc) is 3.07. The third-order valence-electron chi connectivity index (χ3n) is 7.65. The van der Waals surface area contributed by atoms with Crippen LogP contribution in [0.3, 0.4) is 0 Å². The zero-order chi connectivity index (χ0) is 36.5. The molecule has 1 rings (SSSR count). The summed E-state index contributed by atoms with van der Waals surface area (Å²) in [5.41, 5.74) is 0. The highest BCUT2D eigenvalue weighted by Gasteiger charge is 2.51. The lowest BCUT2D eigenvalue weighted by Gasteiger charge is -2.41. The van der Waals surface area contributed by atoms with Crippen molar-refractivity contribution in [1.82, 2.24) is 0 Å². The fourth-order valence-corrected chi connectivity index (χ4v) is 5.81. The first kappa shape index (κ1) is 44.8. The second kappa shape index (κ2) is 26.6. The van der Waals surface area contributed by atoms with Gasteiger partial charge in [0.1, 0.15) is 43.2 Å². The average molecular weight is 719 g/mol. The summed E-state index contributed by atoms with van der Waals surface area (Å²) < 4.78 is 32.7. The number of phosphoric acid groups is 1. The van der Waals surface area contributed by atoms with Gasteiger partial charge in [0.15, 0.2) is 6.10 Å². The van der Waals surface area contributed by atoms with Crippen molar-refractivity contribution in [2.45, 2.75) is 146 Å². The van der Waals surface area contributed by atoms with E-state index >= 15 is 0 Å². The number of hydrogen-bond donors (Lipinski definition) is 6. The van der Waals surface area contributed by atoms with Crippen molar-refractivity contribution in [3.05, 3.63) is 48.6 Å². The predicted molar refractivity (Wildman–Crippen MR) is 184 cm³/mol. The van der Waals surface area contributed by atoms with Gasteiger partial charge < -0.3 is 39.9 Å². The van der Waals surface area contributed by atoms with E-state index in [1.807, 2.05) is 0 Å². The topological polar surface area (TPSA) is 210 Å². The van der Waals surface area contributed by atoms with Gasteiger partial charge in [-0.2, -0.15) is 0 Å². The molecule has 0 aromatic heterocycles. The lowest BCUT2D eigenvalue weighted by atomic mass is 9.85. The summed E-state index contributed by atoms with van der Waals surface area (Å²) in [6, 6.07) is 0. The number of allylic oxidation sites excluding steroid dienone is 8. The Labute approximate surface area is 290 Å². The number of ether oxygens (including phenoxy) is 2. The SMILES string of the molecule is CC/C=C\C/C=C\C/C=C\C/C=C\CCCCCCCCC(=O)OC(COC(=O)CCC)COP(=O)(O)OC1C(O)C(O)C(O)C(O)C1O. The van der Waals surface area contributed by atoms with Crippen molar-refractivity contribution < 1.29 is 63.1 Å². The van der Waals surface area contributed by atoms with Crippen molar-refractivity contribution in [3.63, 3.8) is 0 Å². The Kier molecular flexibility index (Phi) is 24.3. The molecule has 14 heteroatoms. The Balaban J connectivity index is 2.37. The molecule has 0 aliphatic heterocycles. The molecule has 0 aromatic rings. The quantitative estimate of drug-likeness (QED) is 0.0316. The second-order valence-electron chi connectivity index (χ2n) is 12.0. The number of aliphatic hydroxyl groups is 5. The van der Waals surface area contributed by atoms with E-state index in [0.717, 1.165) is 64.2 Å². The zero-order valence-electron chi connectivity index (χ0n) is 29.0. The first-order valence-electron chi connectivity index (χ1n) is 17.4. The first-order chi connectivity index (χ1) is 23.4. The summed E-state index contributed by atoms with van der Waals surface area (Å²) in [6.07, 6.45) is 15.4. The van der Waals surface area contributed by atoms with E-state index in [1.54, 1.807) is 6.92 Å². The van der Waals surface area contributed by atoms with Crippen LogP contribution in [0, 0.1) is 0 Å². The molecule has 0 radical (unpaired) electrons. The molecule has 0 spiro atoms. The van der Waals surface area contributed by atoms with Gasteiger partial charge in [-0.25, -0.2) is 4.57 Å². The largest absolute Gasteiger partial charge is 0.472 e. The number of hydrogen-bond acceptors (Lipinski definition) is 12.